The lowest BCUT2D eigenvalue weighted by molar-refractivity contribution is 0.922. The maximum absolute atomic E-state index is 2.24. The minimum Gasteiger partial charge on any atom is -0.152 e. The Morgan fingerprint density at radius 3 is 1.75 bits per heavy atom. The highest BCUT2D eigenvalue weighted by atomic mass is 32.1. The Hall–Kier alpha value is -1.86. The molecule has 2 aromatic carbocycles. The zero-order chi connectivity index (χ0) is 13.8. The Kier molecular flexibility index (Phi) is 3.98. The van der Waals surface area contributed by atoms with E-state index in [0.717, 1.165) is 6.42 Å². The minimum absolute atomic E-state index is 1.16. The van der Waals surface area contributed by atoms with E-state index in [4.69, 9.17) is 0 Å². The molecule has 0 saturated heterocycles. The molecule has 0 saturated carbocycles. The van der Waals surface area contributed by atoms with Gasteiger partial charge < -0.3 is 0 Å². The van der Waals surface area contributed by atoms with Gasteiger partial charge in [0.15, 0.2) is 0 Å². The van der Waals surface area contributed by atoms with E-state index in [0.29, 0.717) is 0 Å². The number of thiophene rings is 1. The van der Waals surface area contributed by atoms with E-state index in [1.54, 1.807) is 11.3 Å². The van der Waals surface area contributed by atoms with Crippen LogP contribution >= 0.6 is 11.3 Å². The Bertz CT molecular complexity index is 646. The van der Waals surface area contributed by atoms with Gasteiger partial charge in [-0.25, -0.2) is 0 Å². The molecule has 3 rings (SSSR count). The maximum Gasteiger partial charge on any atom is -0.00147 e. The van der Waals surface area contributed by atoms with Gasteiger partial charge in [-0.05, 0) is 51.1 Å². The fourth-order valence-corrected chi connectivity index (χ4v) is 3.10. The first kappa shape index (κ1) is 13.1. The van der Waals surface area contributed by atoms with Crippen molar-refractivity contribution in [3.05, 3.63) is 70.9 Å². The van der Waals surface area contributed by atoms with Crippen molar-refractivity contribution < 1.29 is 0 Å². The van der Waals surface area contributed by atoms with Crippen molar-refractivity contribution in [3.63, 3.8) is 0 Å². The van der Waals surface area contributed by atoms with Crippen molar-refractivity contribution in [3.8, 4) is 22.3 Å². The number of aryl methyl sites for hydroxylation is 1. The van der Waals surface area contributed by atoms with E-state index in [9.17, 15) is 0 Å². The topological polar surface area (TPSA) is 0 Å². The summed E-state index contributed by atoms with van der Waals surface area (Å²) in [5.74, 6) is 0. The number of hydrogen-bond donors (Lipinski definition) is 0. The molecule has 0 aliphatic carbocycles. The molecule has 0 spiro atoms. The number of rotatable bonds is 4. The third-order valence-corrected chi connectivity index (χ3v) is 4.25. The number of benzene rings is 2. The average molecular weight is 278 g/mol. The van der Waals surface area contributed by atoms with Gasteiger partial charge in [-0.1, -0.05) is 61.9 Å². The molecule has 1 heterocycles. The van der Waals surface area contributed by atoms with Gasteiger partial charge in [0, 0.05) is 0 Å². The highest BCUT2D eigenvalue weighted by Gasteiger charge is 2.01. The third kappa shape index (κ3) is 2.83. The van der Waals surface area contributed by atoms with Gasteiger partial charge in [-0.15, -0.1) is 0 Å². The van der Waals surface area contributed by atoms with Gasteiger partial charge in [0.05, 0.1) is 0 Å². The van der Waals surface area contributed by atoms with Crippen molar-refractivity contribution >= 4 is 11.3 Å². The third-order valence-electron chi connectivity index (χ3n) is 3.57. The van der Waals surface area contributed by atoms with Crippen LogP contribution in [0.25, 0.3) is 22.3 Å². The summed E-state index contributed by atoms with van der Waals surface area (Å²) < 4.78 is 0. The first-order valence-corrected chi connectivity index (χ1v) is 8.03. The second kappa shape index (κ2) is 6.06. The summed E-state index contributed by atoms with van der Waals surface area (Å²) in [5, 5.41) is 4.31. The molecule has 0 N–H and O–H groups in total. The summed E-state index contributed by atoms with van der Waals surface area (Å²) in [6, 6.07) is 19.9. The van der Waals surface area contributed by atoms with Crippen molar-refractivity contribution in [2.45, 2.75) is 19.8 Å². The minimum atomic E-state index is 1.16. The lowest BCUT2D eigenvalue weighted by Crippen LogP contribution is -1.84. The average Bonchev–Trinajstić information content (AvgIpc) is 3.03. The summed E-state index contributed by atoms with van der Waals surface area (Å²) in [7, 11) is 0. The number of hydrogen-bond acceptors (Lipinski definition) is 1. The van der Waals surface area contributed by atoms with Crippen LogP contribution in [0.3, 0.4) is 0 Å². The Balaban J connectivity index is 1.83. The molecule has 0 unspecified atom stereocenters. The Morgan fingerprint density at radius 2 is 1.25 bits per heavy atom. The van der Waals surface area contributed by atoms with Crippen LogP contribution in [0.1, 0.15) is 18.9 Å². The molecule has 1 heteroatoms. The molecule has 3 aromatic rings. The molecule has 0 radical (unpaired) electrons. The van der Waals surface area contributed by atoms with E-state index >= 15 is 0 Å². The van der Waals surface area contributed by atoms with Crippen LogP contribution in [-0.2, 0) is 6.42 Å². The predicted octanol–water partition coefficient (Wildman–Crippen LogP) is 6.03. The van der Waals surface area contributed by atoms with Gasteiger partial charge in [0.2, 0.25) is 0 Å². The molecule has 0 atom stereocenters. The van der Waals surface area contributed by atoms with Crippen molar-refractivity contribution in [1.82, 2.24) is 0 Å². The van der Waals surface area contributed by atoms with E-state index < -0.39 is 0 Å². The zero-order valence-corrected chi connectivity index (χ0v) is 12.5. The highest BCUT2D eigenvalue weighted by molar-refractivity contribution is 7.08. The first-order valence-electron chi connectivity index (χ1n) is 7.09. The Morgan fingerprint density at radius 1 is 0.700 bits per heavy atom. The summed E-state index contributed by atoms with van der Waals surface area (Å²) in [6.45, 7) is 2.22. The molecule has 0 aliphatic rings. The second-order valence-corrected chi connectivity index (χ2v) is 5.82. The second-order valence-electron chi connectivity index (χ2n) is 5.04. The van der Waals surface area contributed by atoms with Crippen LogP contribution in [-0.4, -0.2) is 0 Å². The summed E-state index contributed by atoms with van der Waals surface area (Å²) in [5.41, 5.74) is 6.59. The standard InChI is InChI=1S/C19H18S/c1-2-3-15-4-6-16(7-5-15)17-8-10-18(11-9-17)19-12-13-20-14-19/h4-14H,2-3H2,1H3. The first-order chi connectivity index (χ1) is 9.86. The molecule has 20 heavy (non-hydrogen) atoms. The largest absolute Gasteiger partial charge is 0.152 e. The molecule has 0 bridgehead atoms. The van der Waals surface area contributed by atoms with Gasteiger partial charge in [0.25, 0.3) is 0 Å². The Labute approximate surface area is 124 Å². The fourth-order valence-electron chi connectivity index (χ4n) is 2.44. The normalized spacial score (nSPS) is 10.7. The van der Waals surface area contributed by atoms with Gasteiger partial charge in [-0.3, -0.25) is 0 Å². The summed E-state index contributed by atoms with van der Waals surface area (Å²) in [6.07, 6.45) is 2.37. The maximum atomic E-state index is 2.24. The highest BCUT2D eigenvalue weighted by Crippen LogP contribution is 2.26. The van der Waals surface area contributed by atoms with Crippen LogP contribution in [0, 0.1) is 0 Å². The lowest BCUT2D eigenvalue weighted by Gasteiger charge is -2.05. The predicted molar refractivity (Wildman–Crippen MR) is 89.2 cm³/mol. The molecule has 0 aliphatic heterocycles. The monoisotopic (exact) mass is 278 g/mol. The van der Waals surface area contributed by atoms with Crippen LogP contribution in [0.15, 0.2) is 65.4 Å². The SMILES string of the molecule is CCCc1ccc(-c2ccc(-c3ccsc3)cc2)cc1. The molecular weight excluding hydrogens is 260 g/mol. The van der Waals surface area contributed by atoms with Crippen molar-refractivity contribution in [1.29, 1.82) is 0 Å². The molecule has 1 aromatic heterocycles. The van der Waals surface area contributed by atoms with Crippen LogP contribution < -0.4 is 0 Å². The van der Waals surface area contributed by atoms with Crippen molar-refractivity contribution in [2.75, 3.05) is 0 Å². The summed E-state index contributed by atoms with van der Waals surface area (Å²) >= 11 is 1.74. The van der Waals surface area contributed by atoms with E-state index in [2.05, 4.69) is 72.3 Å². The quantitative estimate of drug-likeness (QED) is 0.546. The molecular formula is C19H18S. The summed E-state index contributed by atoms with van der Waals surface area (Å²) in [4.78, 5) is 0. The van der Waals surface area contributed by atoms with Crippen LogP contribution in [0.5, 0.6) is 0 Å². The lowest BCUT2D eigenvalue weighted by atomic mass is 10.00. The van der Waals surface area contributed by atoms with Crippen LogP contribution in [0.2, 0.25) is 0 Å². The van der Waals surface area contributed by atoms with E-state index in [1.807, 2.05) is 0 Å². The molecule has 0 amide bonds. The van der Waals surface area contributed by atoms with E-state index in [1.165, 1.54) is 34.2 Å². The van der Waals surface area contributed by atoms with Gasteiger partial charge >= 0.3 is 0 Å². The van der Waals surface area contributed by atoms with Gasteiger partial charge in [-0.2, -0.15) is 11.3 Å². The zero-order valence-electron chi connectivity index (χ0n) is 11.7. The smallest absolute Gasteiger partial charge is 0.00147 e. The molecule has 100 valence electrons. The molecule has 0 fully saturated rings. The molecule has 0 nitrogen and oxygen atoms in total. The fraction of sp³-hybridized carbons (Fsp3) is 0.158. The van der Waals surface area contributed by atoms with E-state index in [-0.39, 0.29) is 0 Å². The van der Waals surface area contributed by atoms with Crippen LogP contribution in [0.4, 0.5) is 0 Å². The van der Waals surface area contributed by atoms with Gasteiger partial charge in [0.1, 0.15) is 0 Å². The van der Waals surface area contributed by atoms with Crippen molar-refractivity contribution in [2.24, 2.45) is 0 Å².